The highest BCUT2D eigenvalue weighted by atomic mass is 16.5. The van der Waals surface area contributed by atoms with Crippen molar-refractivity contribution in [1.82, 2.24) is 9.80 Å². The number of nitrogens with zero attached hydrogens (tertiary/aromatic N) is 3. The fraction of sp³-hybridized carbons (Fsp3) is 0.364. The molecular formula is C22H28N4O3. The molecule has 0 unspecified atom stereocenters. The van der Waals surface area contributed by atoms with Crippen LogP contribution in [0.5, 0.6) is 5.75 Å². The highest BCUT2D eigenvalue weighted by Crippen LogP contribution is 2.24. The predicted octanol–water partition coefficient (Wildman–Crippen LogP) is 2.40. The molecule has 0 aliphatic carbocycles. The highest BCUT2D eigenvalue weighted by molar-refractivity contribution is 6.05. The Balaban J connectivity index is 1.71. The standard InChI is InChI=1S/C22H28N4O3/c1-24(2)22(28)19-15-17(7-10-20(19)29-4)23-21(27)16-5-8-18(9-6-16)26-13-11-25(3)12-14-26/h5-10,15H,11-14H2,1-4H3,(H,23,27). The Morgan fingerprint density at radius 1 is 1.00 bits per heavy atom. The van der Waals surface area contributed by atoms with Gasteiger partial charge in [-0.2, -0.15) is 0 Å². The molecule has 1 N–H and O–H groups in total. The molecule has 0 aromatic heterocycles. The molecule has 3 rings (SSSR count). The summed E-state index contributed by atoms with van der Waals surface area (Å²) in [5, 5.41) is 2.86. The second-order valence-corrected chi connectivity index (χ2v) is 7.41. The van der Waals surface area contributed by atoms with Crippen LogP contribution >= 0.6 is 0 Å². The summed E-state index contributed by atoms with van der Waals surface area (Å²) < 4.78 is 5.27. The minimum atomic E-state index is -0.219. The first-order valence-electron chi connectivity index (χ1n) is 9.63. The molecule has 154 valence electrons. The van der Waals surface area contributed by atoms with Gasteiger partial charge in [0.25, 0.3) is 11.8 Å². The summed E-state index contributed by atoms with van der Waals surface area (Å²) in [4.78, 5) is 31.1. The molecule has 1 fully saturated rings. The van der Waals surface area contributed by atoms with E-state index in [2.05, 4.69) is 22.2 Å². The Kier molecular flexibility index (Phi) is 6.39. The molecule has 1 saturated heterocycles. The Hall–Kier alpha value is -3.06. The molecule has 1 heterocycles. The van der Waals surface area contributed by atoms with Gasteiger partial charge >= 0.3 is 0 Å². The zero-order valence-electron chi connectivity index (χ0n) is 17.4. The van der Waals surface area contributed by atoms with Crippen molar-refractivity contribution in [2.24, 2.45) is 0 Å². The van der Waals surface area contributed by atoms with Gasteiger partial charge in [0.2, 0.25) is 0 Å². The van der Waals surface area contributed by atoms with Gasteiger partial charge in [-0.15, -0.1) is 0 Å². The number of carbonyl (C=O) groups excluding carboxylic acids is 2. The first-order valence-corrected chi connectivity index (χ1v) is 9.63. The number of benzene rings is 2. The van der Waals surface area contributed by atoms with Crippen molar-refractivity contribution in [3.63, 3.8) is 0 Å². The monoisotopic (exact) mass is 396 g/mol. The molecule has 2 amide bonds. The Morgan fingerprint density at radius 2 is 1.66 bits per heavy atom. The van der Waals surface area contributed by atoms with E-state index in [1.807, 2.05) is 24.3 Å². The van der Waals surface area contributed by atoms with Crippen LogP contribution in [-0.4, -0.2) is 76.0 Å². The van der Waals surface area contributed by atoms with Crippen molar-refractivity contribution in [3.05, 3.63) is 53.6 Å². The molecule has 2 aromatic rings. The third-order valence-electron chi connectivity index (χ3n) is 5.09. The molecule has 1 aliphatic heterocycles. The number of hydrogen-bond acceptors (Lipinski definition) is 5. The largest absolute Gasteiger partial charge is 0.496 e. The molecule has 0 saturated carbocycles. The average molecular weight is 396 g/mol. The van der Waals surface area contributed by atoms with Crippen LogP contribution in [0.15, 0.2) is 42.5 Å². The van der Waals surface area contributed by atoms with Crippen molar-refractivity contribution in [3.8, 4) is 5.75 Å². The van der Waals surface area contributed by atoms with Crippen molar-refractivity contribution in [2.45, 2.75) is 0 Å². The lowest BCUT2D eigenvalue weighted by atomic mass is 10.1. The van der Waals surface area contributed by atoms with E-state index in [-0.39, 0.29) is 11.8 Å². The SMILES string of the molecule is COc1ccc(NC(=O)c2ccc(N3CCN(C)CC3)cc2)cc1C(=O)N(C)C. The van der Waals surface area contributed by atoms with Gasteiger partial charge in [0.15, 0.2) is 0 Å². The van der Waals surface area contributed by atoms with E-state index in [1.54, 1.807) is 32.3 Å². The van der Waals surface area contributed by atoms with Gasteiger partial charge < -0.3 is 24.8 Å². The zero-order valence-corrected chi connectivity index (χ0v) is 17.4. The first-order chi connectivity index (χ1) is 13.9. The van der Waals surface area contributed by atoms with Crippen molar-refractivity contribution >= 4 is 23.2 Å². The van der Waals surface area contributed by atoms with Gasteiger partial charge in [-0.1, -0.05) is 0 Å². The summed E-state index contributed by atoms with van der Waals surface area (Å²) in [5.74, 6) is 0.0658. The van der Waals surface area contributed by atoms with E-state index < -0.39 is 0 Å². The minimum absolute atomic E-state index is 0.186. The topological polar surface area (TPSA) is 65.1 Å². The van der Waals surface area contributed by atoms with Gasteiger partial charge in [0.05, 0.1) is 12.7 Å². The maximum atomic E-state index is 12.7. The molecule has 0 radical (unpaired) electrons. The molecule has 0 atom stereocenters. The van der Waals surface area contributed by atoms with Crippen LogP contribution in [0.3, 0.4) is 0 Å². The maximum Gasteiger partial charge on any atom is 0.257 e. The smallest absolute Gasteiger partial charge is 0.257 e. The molecule has 29 heavy (non-hydrogen) atoms. The lowest BCUT2D eigenvalue weighted by Gasteiger charge is -2.34. The fourth-order valence-corrected chi connectivity index (χ4v) is 3.29. The third kappa shape index (κ3) is 4.86. The normalized spacial score (nSPS) is 14.4. The van der Waals surface area contributed by atoms with Crippen LogP contribution < -0.4 is 15.0 Å². The summed E-state index contributed by atoms with van der Waals surface area (Å²) >= 11 is 0. The number of carbonyl (C=O) groups is 2. The summed E-state index contributed by atoms with van der Waals surface area (Å²) in [6, 6.07) is 12.7. The quantitative estimate of drug-likeness (QED) is 0.841. The van der Waals surface area contributed by atoms with E-state index in [9.17, 15) is 9.59 Å². The van der Waals surface area contributed by atoms with Gasteiger partial charge in [-0.05, 0) is 49.5 Å². The van der Waals surface area contributed by atoms with Crippen LogP contribution in [0.4, 0.5) is 11.4 Å². The summed E-state index contributed by atoms with van der Waals surface area (Å²) in [5.41, 5.74) is 2.64. The zero-order chi connectivity index (χ0) is 21.0. The number of nitrogens with one attached hydrogen (secondary N) is 1. The number of hydrogen-bond donors (Lipinski definition) is 1. The second kappa shape index (κ2) is 8.96. The Bertz CT molecular complexity index is 872. The number of amides is 2. The van der Waals surface area contributed by atoms with E-state index in [0.717, 1.165) is 31.9 Å². The molecule has 0 spiro atoms. The summed E-state index contributed by atoms with van der Waals surface area (Å²) in [7, 11) is 6.99. The third-order valence-corrected chi connectivity index (χ3v) is 5.09. The van der Waals surface area contributed by atoms with Crippen LogP contribution in [-0.2, 0) is 0 Å². The number of rotatable bonds is 5. The summed E-state index contributed by atoms with van der Waals surface area (Å²) in [6.45, 7) is 4.04. The van der Waals surface area contributed by atoms with Crippen molar-refractivity contribution in [2.75, 3.05) is 64.6 Å². The maximum absolute atomic E-state index is 12.7. The lowest BCUT2D eigenvalue weighted by molar-refractivity contribution is 0.0824. The first kappa shape index (κ1) is 20.7. The van der Waals surface area contributed by atoms with E-state index in [1.165, 1.54) is 12.0 Å². The van der Waals surface area contributed by atoms with E-state index in [0.29, 0.717) is 22.6 Å². The van der Waals surface area contributed by atoms with Gasteiger partial charge in [-0.25, -0.2) is 0 Å². The molecule has 1 aliphatic rings. The number of methoxy groups -OCH3 is 1. The second-order valence-electron chi connectivity index (χ2n) is 7.41. The number of ether oxygens (including phenoxy) is 1. The number of anilines is 2. The predicted molar refractivity (Wildman–Crippen MR) is 115 cm³/mol. The number of piperazine rings is 1. The van der Waals surface area contributed by atoms with Crippen LogP contribution in [0, 0.1) is 0 Å². The number of likely N-dealkylation sites (N-methyl/N-ethyl adjacent to an activating group) is 1. The lowest BCUT2D eigenvalue weighted by Crippen LogP contribution is -2.44. The Morgan fingerprint density at radius 3 is 2.24 bits per heavy atom. The highest BCUT2D eigenvalue weighted by Gasteiger charge is 2.17. The molecule has 7 heteroatoms. The van der Waals surface area contributed by atoms with Gasteiger partial charge in [0.1, 0.15) is 5.75 Å². The molecule has 7 nitrogen and oxygen atoms in total. The summed E-state index contributed by atoms with van der Waals surface area (Å²) in [6.07, 6.45) is 0. The van der Waals surface area contributed by atoms with E-state index in [4.69, 9.17) is 4.74 Å². The minimum Gasteiger partial charge on any atom is -0.496 e. The van der Waals surface area contributed by atoms with Gasteiger partial charge in [-0.3, -0.25) is 9.59 Å². The van der Waals surface area contributed by atoms with Crippen LogP contribution in [0.25, 0.3) is 0 Å². The fourth-order valence-electron chi connectivity index (χ4n) is 3.29. The average Bonchev–Trinajstić information content (AvgIpc) is 2.73. The van der Waals surface area contributed by atoms with Crippen molar-refractivity contribution < 1.29 is 14.3 Å². The van der Waals surface area contributed by atoms with Crippen LogP contribution in [0.1, 0.15) is 20.7 Å². The molecular weight excluding hydrogens is 368 g/mol. The van der Waals surface area contributed by atoms with E-state index >= 15 is 0 Å². The van der Waals surface area contributed by atoms with Crippen molar-refractivity contribution in [1.29, 1.82) is 0 Å². The Labute approximate surface area is 171 Å². The molecule has 2 aromatic carbocycles. The molecule has 0 bridgehead atoms. The van der Waals surface area contributed by atoms with Gasteiger partial charge in [0, 0.05) is 57.2 Å². The van der Waals surface area contributed by atoms with Crippen LogP contribution in [0.2, 0.25) is 0 Å².